The van der Waals surface area contributed by atoms with E-state index in [2.05, 4.69) is 9.97 Å². The van der Waals surface area contributed by atoms with Crippen molar-refractivity contribution in [3.63, 3.8) is 0 Å². The third-order valence-electron chi connectivity index (χ3n) is 1.97. The van der Waals surface area contributed by atoms with Crippen molar-refractivity contribution in [3.05, 3.63) is 48.4 Å². The summed E-state index contributed by atoms with van der Waals surface area (Å²) in [4.78, 5) is 18.6. The number of carboxylic acids is 1. The van der Waals surface area contributed by atoms with E-state index in [0.29, 0.717) is 5.69 Å². The van der Waals surface area contributed by atoms with Crippen LogP contribution < -0.4 is 0 Å². The lowest BCUT2D eigenvalue weighted by atomic mass is 10.1. The van der Waals surface area contributed by atoms with Gasteiger partial charge in [-0.3, -0.25) is 9.97 Å². The average Bonchev–Trinajstić information content (AvgIpc) is 2.30. The van der Waals surface area contributed by atoms with Gasteiger partial charge in [0.1, 0.15) is 0 Å². The first kappa shape index (κ1) is 9.33. The van der Waals surface area contributed by atoms with Crippen molar-refractivity contribution >= 4 is 5.97 Å². The van der Waals surface area contributed by atoms with Gasteiger partial charge in [0.05, 0.1) is 11.3 Å². The Morgan fingerprint density at radius 1 is 1.20 bits per heavy atom. The van der Waals surface area contributed by atoms with E-state index in [9.17, 15) is 4.79 Å². The lowest BCUT2D eigenvalue weighted by molar-refractivity contribution is 0.0696. The molecule has 0 spiro atoms. The standard InChI is InChI=1S/C11H8N2O2/c14-11(15)9-3-4-10(13-7-9)8-2-1-5-12-6-8/h1-7H,(H,14,15). The molecular formula is C11H8N2O2. The number of nitrogens with zero attached hydrogens (tertiary/aromatic N) is 2. The fourth-order valence-electron chi connectivity index (χ4n) is 1.21. The second-order valence-corrected chi connectivity index (χ2v) is 2.98. The molecule has 0 amide bonds. The Labute approximate surface area is 86.2 Å². The van der Waals surface area contributed by atoms with Gasteiger partial charge in [-0.1, -0.05) is 0 Å². The minimum absolute atomic E-state index is 0.183. The van der Waals surface area contributed by atoms with Gasteiger partial charge in [0.25, 0.3) is 0 Å². The molecule has 0 aromatic carbocycles. The van der Waals surface area contributed by atoms with Gasteiger partial charge in [-0.2, -0.15) is 0 Å². The lowest BCUT2D eigenvalue weighted by Crippen LogP contribution is -1.97. The Balaban J connectivity index is 2.36. The summed E-state index contributed by atoms with van der Waals surface area (Å²) in [5.41, 5.74) is 1.77. The summed E-state index contributed by atoms with van der Waals surface area (Å²) in [6, 6.07) is 6.87. The molecule has 1 N–H and O–H groups in total. The van der Waals surface area contributed by atoms with Crippen molar-refractivity contribution < 1.29 is 9.90 Å². The number of hydrogen-bond acceptors (Lipinski definition) is 3. The van der Waals surface area contributed by atoms with E-state index in [1.807, 2.05) is 12.1 Å². The molecule has 74 valence electrons. The molecule has 0 radical (unpaired) electrons. The van der Waals surface area contributed by atoms with Crippen LogP contribution in [0.5, 0.6) is 0 Å². The van der Waals surface area contributed by atoms with Crippen molar-refractivity contribution in [3.8, 4) is 11.3 Å². The molecular weight excluding hydrogens is 192 g/mol. The van der Waals surface area contributed by atoms with E-state index in [1.54, 1.807) is 18.5 Å². The highest BCUT2D eigenvalue weighted by Gasteiger charge is 2.03. The Kier molecular flexibility index (Phi) is 2.41. The van der Waals surface area contributed by atoms with Crippen molar-refractivity contribution in [2.24, 2.45) is 0 Å². The van der Waals surface area contributed by atoms with Crippen molar-refractivity contribution in [1.29, 1.82) is 0 Å². The number of aromatic nitrogens is 2. The maximum atomic E-state index is 10.6. The normalized spacial score (nSPS) is 9.87. The molecule has 2 heterocycles. The summed E-state index contributed by atoms with van der Waals surface area (Å²) in [5.74, 6) is -0.972. The van der Waals surface area contributed by atoms with Crippen LogP contribution in [-0.4, -0.2) is 21.0 Å². The molecule has 0 saturated heterocycles. The number of aromatic carboxylic acids is 1. The van der Waals surface area contributed by atoms with Crippen LogP contribution in [0, 0.1) is 0 Å². The molecule has 0 aliphatic rings. The maximum absolute atomic E-state index is 10.6. The van der Waals surface area contributed by atoms with E-state index in [1.165, 1.54) is 12.3 Å². The molecule has 0 unspecified atom stereocenters. The molecule has 4 heteroatoms. The van der Waals surface area contributed by atoms with Gasteiger partial charge in [0.2, 0.25) is 0 Å². The number of rotatable bonds is 2. The van der Waals surface area contributed by atoms with Gasteiger partial charge in [-0.25, -0.2) is 4.79 Å². The molecule has 2 rings (SSSR count). The van der Waals surface area contributed by atoms with E-state index in [0.717, 1.165) is 5.56 Å². The number of carboxylic acid groups (broad SMARTS) is 1. The fourth-order valence-corrected chi connectivity index (χ4v) is 1.21. The summed E-state index contributed by atoms with van der Waals surface area (Å²) in [7, 11) is 0. The first-order chi connectivity index (χ1) is 7.27. The topological polar surface area (TPSA) is 63.1 Å². The Morgan fingerprint density at radius 3 is 2.60 bits per heavy atom. The molecule has 0 aliphatic heterocycles. The summed E-state index contributed by atoms with van der Waals surface area (Å²) in [6.07, 6.45) is 4.70. The first-order valence-electron chi connectivity index (χ1n) is 4.37. The smallest absolute Gasteiger partial charge is 0.337 e. The predicted octanol–water partition coefficient (Wildman–Crippen LogP) is 1.84. The average molecular weight is 200 g/mol. The predicted molar refractivity (Wildman–Crippen MR) is 54.4 cm³/mol. The van der Waals surface area contributed by atoms with Crippen LogP contribution in [0.2, 0.25) is 0 Å². The molecule has 2 aromatic heterocycles. The van der Waals surface area contributed by atoms with E-state index in [-0.39, 0.29) is 5.56 Å². The third kappa shape index (κ3) is 1.99. The van der Waals surface area contributed by atoms with E-state index >= 15 is 0 Å². The molecule has 4 nitrogen and oxygen atoms in total. The van der Waals surface area contributed by atoms with Crippen LogP contribution in [0.25, 0.3) is 11.3 Å². The summed E-state index contributed by atoms with van der Waals surface area (Å²) in [6.45, 7) is 0. The van der Waals surface area contributed by atoms with Gasteiger partial charge >= 0.3 is 5.97 Å². The zero-order valence-electron chi connectivity index (χ0n) is 7.79. The van der Waals surface area contributed by atoms with Gasteiger partial charge in [-0.15, -0.1) is 0 Å². The highest BCUT2D eigenvalue weighted by Crippen LogP contribution is 2.14. The number of pyridine rings is 2. The van der Waals surface area contributed by atoms with Crippen LogP contribution in [0.4, 0.5) is 0 Å². The molecule has 0 aliphatic carbocycles. The van der Waals surface area contributed by atoms with Crippen molar-refractivity contribution in [2.45, 2.75) is 0 Å². The van der Waals surface area contributed by atoms with E-state index in [4.69, 9.17) is 5.11 Å². The van der Waals surface area contributed by atoms with Gasteiger partial charge in [0.15, 0.2) is 0 Å². The first-order valence-corrected chi connectivity index (χ1v) is 4.37. The van der Waals surface area contributed by atoms with Gasteiger partial charge in [0, 0.05) is 24.2 Å². The fraction of sp³-hybridized carbons (Fsp3) is 0. The Hall–Kier alpha value is -2.23. The molecule has 0 saturated carbocycles. The zero-order valence-corrected chi connectivity index (χ0v) is 7.79. The summed E-state index contributed by atoms with van der Waals surface area (Å²) in [5, 5.41) is 8.69. The lowest BCUT2D eigenvalue weighted by Gasteiger charge is -1.99. The minimum atomic E-state index is -0.972. The molecule has 0 atom stereocenters. The molecule has 0 fully saturated rings. The van der Waals surface area contributed by atoms with Crippen LogP contribution >= 0.6 is 0 Å². The van der Waals surface area contributed by atoms with Gasteiger partial charge < -0.3 is 5.11 Å². The van der Waals surface area contributed by atoms with Crippen molar-refractivity contribution in [1.82, 2.24) is 9.97 Å². The maximum Gasteiger partial charge on any atom is 0.337 e. The number of carbonyl (C=O) groups is 1. The van der Waals surface area contributed by atoms with Crippen LogP contribution in [0.3, 0.4) is 0 Å². The highest BCUT2D eigenvalue weighted by atomic mass is 16.4. The van der Waals surface area contributed by atoms with Crippen LogP contribution in [0.15, 0.2) is 42.9 Å². The monoisotopic (exact) mass is 200 g/mol. The minimum Gasteiger partial charge on any atom is -0.478 e. The number of hydrogen-bond donors (Lipinski definition) is 1. The largest absolute Gasteiger partial charge is 0.478 e. The third-order valence-corrected chi connectivity index (χ3v) is 1.97. The molecule has 0 bridgehead atoms. The zero-order chi connectivity index (χ0) is 10.7. The second-order valence-electron chi connectivity index (χ2n) is 2.98. The quantitative estimate of drug-likeness (QED) is 0.803. The van der Waals surface area contributed by atoms with Crippen molar-refractivity contribution in [2.75, 3.05) is 0 Å². The van der Waals surface area contributed by atoms with Gasteiger partial charge in [-0.05, 0) is 24.3 Å². The molecule has 2 aromatic rings. The summed E-state index contributed by atoms with van der Waals surface area (Å²) < 4.78 is 0. The van der Waals surface area contributed by atoms with Crippen LogP contribution in [0.1, 0.15) is 10.4 Å². The Morgan fingerprint density at radius 2 is 2.07 bits per heavy atom. The molecule has 15 heavy (non-hydrogen) atoms. The van der Waals surface area contributed by atoms with Crippen LogP contribution in [-0.2, 0) is 0 Å². The Bertz CT molecular complexity index is 466. The SMILES string of the molecule is O=C(O)c1ccc(-c2cccnc2)nc1. The van der Waals surface area contributed by atoms with E-state index < -0.39 is 5.97 Å². The highest BCUT2D eigenvalue weighted by molar-refractivity contribution is 5.87. The second kappa shape index (κ2) is 3.88. The summed E-state index contributed by atoms with van der Waals surface area (Å²) >= 11 is 0.